The molecule has 10 aliphatic rings. The summed E-state index contributed by atoms with van der Waals surface area (Å²) in [7, 11) is 0. The van der Waals surface area contributed by atoms with Crippen molar-refractivity contribution in [1.82, 2.24) is 0 Å². The van der Waals surface area contributed by atoms with Crippen LogP contribution in [0.2, 0.25) is 0 Å². The van der Waals surface area contributed by atoms with Crippen molar-refractivity contribution in [3.8, 4) is 0 Å². The molecule has 0 saturated carbocycles. The summed E-state index contributed by atoms with van der Waals surface area (Å²) in [6.45, 7) is 3.50. The smallest absolute Gasteiger partial charge is 0.206 e. The van der Waals surface area contributed by atoms with Crippen LogP contribution in [0.3, 0.4) is 0 Å². The standard InChI is InChI=1S/C30H31NO2S.C30H22O2S/c1-2-3-4-5-6-11-18-33-30-29-26-20(19-12-9-10-15-24(19)34-29)16-17-23-25(26)27(31-30)21-13-7-8-14-22(21)28(23)32;31-29-22-12-5-4-10-19(22)24-16-25(32-17-18-8-2-1-3-9-18)30-28-21(14-15-23(29)27(24)28)20-11-6-7-13-26(20)33-30/h7-10,12-17,21-23,29H,2-6,11,18H2,1H3;1-16,19,22-23,30H,17H2. The van der Waals surface area contributed by atoms with Crippen LogP contribution >= 0.6 is 23.5 Å². The molecule has 67 heavy (non-hydrogen) atoms. The van der Waals surface area contributed by atoms with Gasteiger partial charge in [0.05, 0.1) is 29.4 Å². The van der Waals surface area contributed by atoms with Crippen LogP contribution in [0.5, 0.6) is 0 Å². The third-order valence-corrected chi connectivity index (χ3v) is 17.5. The number of ketones is 2. The first-order chi connectivity index (χ1) is 33.1. The maximum atomic E-state index is 13.5. The van der Waals surface area contributed by atoms with Crippen molar-refractivity contribution in [2.24, 2.45) is 40.5 Å². The number of carbonyl (C=O) groups is 2. The minimum atomic E-state index is -0.205. The Morgan fingerprint density at radius 3 is 1.82 bits per heavy atom. The van der Waals surface area contributed by atoms with Gasteiger partial charge in [0.15, 0.2) is 11.6 Å². The lowest BCUT2D eigenvalue weighted by Gasteiger charge is -2.44. The first kappa shape index (κ1) is 42.5. The zero-order valence-corrected chi connectivity index (χ0v) is 39.3. The lowest BCUT2D eigenvalue weighted by molar-refractivity contribution is -0.125. The zero-order chi connectivity index (χ0) is 45.0. The minimum absolute atomic E-state index is 0.000218. The molecule has 3 aliphatic heterocycles. The second-order valence-electron chi connectivity index (χ2n) is 18.8. The van der Waals surface area contributed by atoms with E-state index in [9.17, 15) is 9.59 Å². The van der Waals surface area contributed by atoms with Crippen molar-refractivity contribution >= 4 is 52.1 Å². The Balaban J connectivity index is 0.000000140. The number of ether oxygens (including phenoxy) is 2. The van der Waals surface area contributed by atoms with Crippen LogP contribution < -0.4 is 0 Å². The molecule has 0 spiro atoms. The Labute approximate surface area is 402 Å². The van der Waals surface area contributed by atoms with Crippen LogP contribution in [0.15, 0.2) is 212 Å². The maximum Gasteiger partial charge on any atom is 0.206 e. The minimum Gasteiger partial charge on any atom is -0.492 e. The van der Waals surface area contributed by atoms with E-state index in [1.165, 1.54) is 86.5 Å². The highest BCUT2D eigenvalue weighted by atomic mass is 32.2. The summed E-state index contributed by atoms with van der Waals surface area (Å²) < 4.78 is 13.0. The van der Waals surface area contributed by atoms with Gasteiger partial charge in [-0.25, -0.2) is 4.99 Å². The molecule has 8 unspecified atom stereocenters. The molecule has 3 aromatic rings. The van der Waals surface area contributed by atoms with E-state index in [1.54, 1.807) is 0 Å². The number of hydrogen-bond acceptors (Lipinski definition) is 7. The molecular formula is C60H53NO4S2. The van der Waals surface area contributed by atoms with E-state index in [0.717, 1.165) is 34.9 Å². The van der Waals surface area contributed by atoms with Gasteiger partial charge in [-0.05, 0) is 80.3 Å². The van der Waals surface area contributed by atoms with Gasteiger partial charge in [0.1, 0.15) is 17.6 Å². The highest BCUT2D eigenvalue weighted by Crippen LogP contribution is 2.58. The molecule has 0 radical (unpaired) electrons. The number of thioether (sulfide) groups is 2. The summed E-state index contributed by atoms with van der Waals surface area (Å²) in [5, 5.41) is 0.0842. The van der Waals surface area contributed by atoms with E-state index in [2.05, 4.69) is 134 Å². The summed E-state index contributed by atoms with van der Waals surface area (Å²) >= 11 is 3.67. The van der Waals surface area contributed by atoms with Crippen molar-refractivity contribution in [2.75, 3.05) is 6.61 Å². The quantitative estimate of drug-likeness (QED) is 0.189. The first-order valence-corrected chi connectivity index (χ1v) is 26.1. The number of unbranched alkanes of at least 4 members (excludes halogenated alkanes) is 5. The number of aliphatic imine (C=N–C) groups is 1. The van der Waals surface area contributed by atoms with E-state index in [0.29, 0.717) is 24.8 Å². The molecule has 8 atom stereocenters. The monoisotopic (exact) mass is 915 g/mol. The molecule has 3 aromatic carbocycles. The van der Waals surface area contributed by atoms with Crippen molar-refractivity contribution in [3.05, 3.63) is 214 Å². The van der Waals surface area contributed by atoms with Gasteiger partial charge in [0.2, 0.25) is 5.90 Å². The summed E-state index contributed by atoms with van der Waals surface area (Å²) in [5.74, 6) is 1.89. The van der Waals surface area contributed by atoms with Crippen LogP contribution in [0.4, 0.5) is 0 Å². The van der Waals surface area contributed by atoms with Crippen LogP contribution in [0.25, 0.3) is 11.1 Å². The van der Waals surface area contributed by atoms with Crippen LogP contribution in [-0.2, 0) is 25.7 Å². The average molecular weight is 916 g/mol. The molecule has 0 bridgehead atoms. The number of carbonyl (C=O) groups excluding carboxylic acids is 2. The Morgan fingerprint density at radius 2 is 1.12 bits per heavy atom. The molecule has 334 valence electrons. The number of benzene rings is 3. The summed E-state index contributed by atoms with van der Waals surface area (Å²) in [4.78, 5) is 34.8. The predicted octanol–water partition coefficient (Wildman–Crippen LogP) is 13.5. The van der Waals surface area contributed by atoms with Gasteiger partial charge < -0.3 is 9.47 Å². The van der Waals surface area contributed by atoms with Gasteiger partial charge in [0.25, 0.3) is 0 Å². The molecule has 0 amide bonds. The van der Waals surface area contributed by atoms with Gasteiger partial charge >= 0.3 is 0 Å². The Kier molecular flexibility index (Phi) is 11.4. The third kappa shape index (κ3) is 7.36. The lowest BCUT2D eigenvalue weighted by Crippen LogP contribution is -2.42. The van der Waals surface area contributed by atoms with Crippen LogP contribution in [-0.4, -0.2) is 34.6 Å². The fraction of sp³-hybridized carbons (Fsp3) is 0.283. The van der Waals surface area contributed by atoms with E-state index >= 15 is 0 Å². The van der Waals surface area contributed by atoms with Crippen molar-refractivity contribution < 1.29 is 19.1 Å². The molecule has 0 saturated heterocycles. The molecule has 7 heteroatoms. The van der Waals surface area contributed by atoms with Crippen molar-refractivity contribution in [1.29, 1.82) is 0 Å². The molecule has 0 N–H and O–H groups in total. The van der Waals surface area contributed by atoms with E-state index < -0.39 is 0 Å². The van der Waals surface area contributed by atoms with Crippen molar-refractivity contribution in [3.63, 3.8) is 0 Å². The molecule has 0 aromatic heterocycles. The number of allylic oxidation sites excluding steroid dienone is 18. The second-order valence-corrected chi connectivity index (χ2v) is 21.1. The van der Waals surface area contributed by atoms with E-state index in [1.807, 2.05) is 53.9 Å². The topological polar surface area (TPSA) is 65.0 Å². The summed E-state index contributed by atoms with van der Waals surface area (Å²) in [5.41, 5.74) is 13.3. The van der Waals surface area contributed by atoms with Crippen LogP contribution in [0.1, 0.15) is 62.1 Å². The largest absolute Gasteiger partial charge is 0.492 e. The number of nitrogens with zero attached hydrogens (tertiary/aromatic N) is 1. The molecule has 3 heterocycles. The van der Waals surface area contributed by atoms with Crippen molar-refractivity contribution in [2.45, 2.75) is 72.3 Å². The molecule has 0 fully saturated rings. The molecule has 5 nitrogen and oxygen atoms in total. The highest BCUT2D eigenvalue weighted by molar-refractivity contribution is 8.01. The lowest BCUT2D eigenvalue weighted by atomic mass is 9.62. The zero-order valence-electron chi connectivity index (χ0n) is 37.7. The summed E-state index contributed by atoms with van der Waals surface area (Å²) in [6.07, 6.45) is 34.9. The normalized spacial score (nSPS) is 28.1. The molecule has 7 aliphatic carbocycles. The number of fused-ring (bicyclic) bond motifs is 8. The molecule has 13 rings (SSSR count). The van der Waals surface area contributed by atoms with Crippen LogP contribution in [0, 0.1) is 35.5 Å². The van der Waals surface area contributed by atoms with Gasteiger partial charge in [-0.1, -0.05) is 179 Å². The fourth-order valence-electron chi connectivity index (χ4n) is 11.7. The van der Waals surface area contributed by atoms with Gasteiger partial charge in [-0.3, -0.25) is 9.59 Å². The van der Waals surface area contributed by atoms with Gasteiger partial charge in [-0.15, -0.1) is 23.5 Å². The number of Topliss-reactive ketones (excluding diaryl/α,β-unsaturated/α-hetero) is 2. The Morgan fingerprint density at radius 1 is 0.552 bits per heavy atom. The number of rotatable bonds is 10. The SMILES string of the molecule is CCCCCCCCOC1=NC2=C3C4=C(C=CC3C(=O)C3C=CC=CC23)c2ccccc2SC14.O=C1C2C=CC3=C4C2=C(C=C(OCc2ccccc2)C4Sc2ccccc23)C2C=CC=CC12. The third-order valence-electron chi connectivity index (χ3n) is 14.9. The fourth-order valence-corrected chi connectivity index (χ4v) is 14.3. The maximum absolute atomic E-state index is 13.5. The Bertz CT molecular complexity index is 2970. The molecular weight excluding hydrogens is 863 g/mol. The average Bonchev–Trinajstić information content (AvgIpc) is 3.38. The highest BCUT2D eigenvalue weighted by Gasteiger charge is 2.51. The van der Waals surface area contributed by atoms with E-state index in [-0.39, 0.29) is 46.0 Å². The van der Waals surface area contributed by atoms with E-state index in [4.69, 9.17) is 14.5 Å². The first-order valence-electron chi connectivity index (χ1n) is 24.3. The Hall–Kier alpha value is -5.89. The van der Waals surface area contributed by atoms with Gasteiger partial charge in [-0.2, -0.15) is 0 Å². The van der Waals surface area contributed by atoms with Gasteiger partial charge in [0, 0.05) is 33.5 Å². The summed E-state index contributed by atoms with van der Waals surface area (Å²) in [6, 6.07) is 27.5. The second kappa shape index (κ2) is 18.0. The predicted molar refractivity (Wildman–Crippen MR) is 272 cm³/mol. The number of hydrogen-bond donors (Lipinski definition) is 0.